The van der Waals surface area contributed by atoms with E-state index >= 15 is 0 Å². The van der Waals surface area contributed by atoms with Crippen LogP contribution in [-0.4, -0.2) is 16.6 Å². The predicted molar refractivity (Wildman–Crippen MR) is 98.7 cm³/mol. The summed E-state index contributed by atoms with van der Waals surface area (Å²) < 4.78 is 12.9. The van der Waals surface area contributed by atoms with Crippen molar-refractivity contribution >= 4 is 34.7 Å². The van der Waals surface area contributed by atoms with Crippen LogP contribution in [0, 0.1) is 5.82 Å². The van der Waals surface area contributed by atoms with Crippen LogP contribution in [-0.2, 0) is 10.5 Å². The molecular weight excluding hydrogens is 343 g/mol. The fraction of sp³-hybridized carbons (Fsp3) is 0.111. The molecular formula is C18H15FN2OS2. The van der Waals surface area contributed by atoms with Crippen LogP contribution in [0.3, 0.4) is 0 Å². The van der Waals surface area contributed by atoms with E-state index in [-0.39, 0.29) is 11.7 Å². The molecule has 0 radical (unpaired) electrons. The van der Waals surface area contributed by atoms with E-state index in [9.17, 15) is 9.18 Å². The number of nitrogens with zero attached hydrogens (tertiary/aromatic N) is 1. The number of rotatable bonds is 6. The van der Waals surface area contributed by atoms with Crippen molar-refractivity contribution in [1.82, 2.24) is 4.98 Å². The maximum absolute atomic E-state index is 12.9. The lowest BCUT2D eigenvalue weighted by Crippen LogP contribution is -2.13. The van der Waals surface area contributed by atoms with Gasteiger partial charge in [0.15, 0.2) is 0 Å². The standard InChI is InChI=1S/C18H15FN2OS2/c19-14-8-6-13(7-9-14)18-21-16(11-24-18)10-23-12-17(22)20-15-4-2-1-3-5-15/h1-9,11H,10,12H2,(H,20,22). The topological polar surface area (TPSA) is 42.0 Å². The molecule has 6 heteroatoms. The Morgan fingerprint density at radius 1 is 1.12 bits per heavy atom. The van der Waals surface area contributed by atoms with Gasteiger partial charge in [-0.1, -0.05) is 18.2 Å². The molecule has 24 heavy (non-hydrogen) atoms. The van der Waals surface area contributed by atoms with E-state index in [2.05, 4.69) is 10.3 Å². The smallest absolute Gasteiger partial charge is 0.234 e. The number of hydrogen-bond acceptors (Lipinski definition) is 4. The summed E-state index contributed by atoms with van der Waals surface area (Å²) in [6.45, 7) is 0. The molecule has 2 aromatic carbocycles. The fourth-order valence-electron chi connectivity index (χ4n) is 2.07. The first kappa shape index (κ1) is 16.7. The third-order valence-electron chi connectivity index (χ3n) is 3.18. The van der Waals surface area contributed by atoms with Crippen LogP contribution in [0.5, 0.6) is 0 Å². The highest BCUT2D eigenvalue weighted by Gasteiger charge is 2.07. The van der Waals surface area contributed by atoms with Gasteiger partial charge >= 0.3 is 0 Å². The Hall–Kier alpha value is -2.18. The monoisotopic (exact) mass is 358 g/mol. The SMILES string of the molecule is O=C(CSCc1csc(-c2ccc(F)cc2)n1)Nc1ccccc1. The minimum Gasteiger partial charge on any atom is -0.325 e. The van der Waals surface area contributed by atoms with E-state index < -0.39 is 0 Å². The van der Waals surface area contributed by atoms with Gasteiger partial charge in [-0.25, -0.2) is 9.37 Å². The van der Waals surface area contributed by atoms with Gasteiger partial charge in [-0.05, 0) is 36.4 Å². The van der Waals surface area contributed by atoms with Crippen molar-refractivity contribution in [3.63, 3.8) is 0 Å². The van der Waals surface area contributed by atoms with Gasteiger partial charge in [0.2, 0.25) is 5.91 Å². The molecule has 0 unspecified atom stereocenters. The van der Waals surface area contributed by atoms with Crippen LogP contribution >= 0.6 is 23.1 Å². The molecule has 0 saturated heterocycles. The van der Waals surface area contributed by atoms with Crippen LogP contribution in [0.25, 0.3) is 10.6 Å². The van der Waals surface area contributed by atoms with E-state index in [4.69, 9.17) is 0 Å². The Bertz CT molecular complexity index is 803. The number of thioether (sulfide) groups is 1. The second-order valence-corrected chi connectivity index (χ2v) is 6.90. The number of amides is 1. The van der Waals surface area contributed by atoms with Gasteiger partial charge in [-0.3, -0.25) is 4.79 Å². The molecule has 3 rings (SSSR count). The van der Waals surface area contributed by atoms with Gasteiger partial charge < -0.3 is 5.32 Å². The summed E-state index contributed by atoms with van der Waals surface area (Å²) in [5, 5.41) is 5.68. The summed E-state index contributed by atoms with van der Waals surface area (Å²) in [6.07, 6.45) is 0. The van der Waals surface area contributed by atoms with Gasteiger partial charge in [0, 0.05) is 22.4 Å². The molecule has 1 N–H and O–H groups in total. The van der Waals surface area contributed by atoms with E-state index in [1.807, 2.05) is 35.7 Å². The van der Waals surface area contributed by atoms with E-state index in [1.54, 1.807) is 12.1 Å². The van der Waals surface area contributed by atoms with Gasteiger partial charge in [0.25, 0.3) is 0 Å². The zero-order valence-corrected chi connectivity index (χ0v) is 14.4. The molecule has 3 aromatic rings. The number of benzene rings is 2. The van der Waals surface area contributed by atoms with Crippen molar-refractivity contribution in [1.29, 1.82) is 0 Å². The van der Waals surface area contributed by atoms with Gasteiger partial charge in [-0.2, -0.15) is 0 Å². The molecule has 0 fully saturated rings. The summed E-state index contributed by atoms with van der Waals surface area (Å²) in [5.74, 6) is 0.758. The number of carbonyl (C=O) groups excluding carboxylic acids is 1. The number of para-hydroxylation sites is 1. The number of hydrogen-bond donors (Lipinski definition) is 1. The van der Waals surface area contributed by atoms with Crippen molar-refractivity contribution in [3.05, 3.63) is 71.5 Å². The molecule has 1 aromatic heterocycles. The van der Waals surface area contributed by atoms with Crippen molar-refractivity contribution in [2.45, 2.75) is 5.75 Å². The first-order valence-electron chi connectivity index (χ1n) is 7.34. The average molecular weight is 358 g/mol. The quantitative estimate of drug-likeness (QED) is 0.687. The number of halogens is 1. The molecule has 0 bridgehead atoms. The molecule has 1 heterocycles. The van der Waals surface area contributed by atoms with E-state index in [0.717, 1.165) is 22.0 Å². The summed E-state index contributed by atoms with van der Waals surface area (Å²) in [6, 6.07) is 15.7. The largest absolute Gasteiger partial charge is 0.325 e. The van der Waals surface area contributed by atoms with Crippen LogP contribution in [0.15, 0.2) is 60.0 Å². The molecule has 3 nitrogen and oxygen atoms in total. The Labute approximate surface area is 148 Å². The number of anilines is 1. The molecule has 0 aliphatic carbocycles. The van der Waals surface area contributed by atoms with Crippen molar-refractivity contribution in [3.8, 4) is 10.6 Å². The Morgan fingerprint density at radius 3 is 2.62 bits per heavy atom. The van der Waals surface area contributed by atoms with Crippen LogP contribution in [0.4, 0.5) is 10.1 Å². The molecule has 0 saturated carbocycles. The molecule has 0 spiro atoms. The fourth-order valence-corrected chi connectivity index (χ4v) is 3.71. The summed E-state index contributed by atoms with van der Waals surface area (Å²) in [5.41, 5.74) is 2.63. The minimum atomic E-state index is -0.254. The number of nitrogens with one attached hydrogen (secondary N) is 1. The summed E-state index contributed by atoms with van der Waals surface area (Å²) in [7, 11) is 0. The lowest BCUT2D eigenvalue weighted by atomic mass is 10.2. The first-order valence-corrected chi connectivity index (χ1v) is 9.37. The summed E-state index contributed by atoms with van der Waals surface area (Å²) >= 11 is 3.04. The number of carbonyl (C=O) groups is 1. The zero-order valence-electron chi connectivity index (χ0n) is 12.7. The average Bonchev–Trinajstić information content (AvgIpc) is 3.05. The molecule has 0 aliphatic rings. The molecule has 0 aliphatic heterocycles. The van der Waals surface area contributed by atoms with Crippen molar-refractivity contribution in [2.24, 2.45) is 0 Å². The Kier molecular flexibility index (Phi) is 5.61. The number of thiazole rings is 1. The molecule has 1 amide bonds. The maximum Gasteiger partial charge on any atom is 0.234 e. The highest BCUT2D eigenvalue weighted by molar-refractivity contribution is 7.99. The third-order valence-corrected chi connectivity index (χ3v) is 5.09. The lowest BCUT2D eigenvalue weighted by Gasteiger charge is -2.04. The minimum absolute atomic E-state index is 0.0276. The highest BCUT2D eigenvalue weighted by atomic mass is 32.2. The van der Waals surface area contributed by atoms with Gasteiger partial charge in [0.1, 0.15) is 10.8 Å². The Balaban J connectivity index is 1.49. The van der Waals surface area contributed by atoms with Crippen molar-refractivity contribution < 1.29 is 9.18 Å². The zero-order chi connectivity index (χ0) is 16.8. The first-order chi connectivity index (χ1) is 11.7. The normalized spacial score (nSPS) is 10.5. The summed E-state index contributed by atoms with van der Waals surface area (Å²) in [4.78, 5) is 16.4. The maximum atomic E-state index is 12.9. The third kappa shape index (κ3) is 4.66. The second kappa shape index (κ2) is 8.08. The lowest BCUT2D eigenvalue weighted by molar-refractivity contribution is -0.113. The molecule has 0 atom stereocenters. The van der Waals surface area contributed by atoms with Crippen LogP contribution in [0.2, 0.25) is 0 Å². The number of aromatic nitrogens is 1. The van der Waals surface area contributed by atoms with Gasteiger partial charge in [-0.15, -0.1) is 23.1 Å². The van der Waals surface area contributed by atoms with Crippen LogP contribution < -0.4 is 5.32 Å². The van der Waals surface area contributed by atoms with Crippen molar-refractivity contribution in [2.75, 3.05) is 11.1 Å². The van der Waals surface area contributed by atoms with E-state index in [1.165, 1.54) is 35.2 Å². The molecule has 122 valence electrons. The highest BCUT2D eigenvalue weighted by Crippen LogP contribution is 2.25. The second-order valence-electron chi connectivity index (χ2n) is 5.06. The Morgan fingerprint density at radius 2 is 1.88 bits per heavy atom. The van der Waals surface area contributed by atoms with E-state index in [0.29, 0.717) is 11.5 Å². The van der Waals surface area contributed by atoms with Crippen LogP contribution in [0.1, 0.15) is 5.69 Å². The van der Waals surface area contributed by atoms with Gasteiger partial charge in [0.05, 0.1) is 11.4 Å². The predicted octanol–water partition coefficient (Wildman–Crippen LogP) is 4.82.